The molecule has 0 spiro atoms. The number of rotatable bonds is 4. The molecule has 0 fully saturated rings. The van der Waals surface area contributed by atoms with E-state index in [0.717, 1.165) is 49.9 Å². The summed E-state index contributed by atoms with van der Waals surface area (Å²) in [6.07, 6.45) is 3.57. The summed E-state index contributed by atoms with van der Waals surface area (Å²) in [6.45, 7) is 0. The van der Waals surface area contributed by atoms with Crippen LogP contribution in [0.2, 0.25) is 0 Å². The number of fused-ring (bicyclic) bond motifs is 6. The highest BCUT2D eigenvalue weighted by atomic mass is 32.1. The fourth-order valence-corrected chi connectivity index (χ4v) is 7.20. The van der Waals surface area contributed by atoms with Gasteiger partial charge in [0.05, 0.1) is 16.6 Å². The standard InChI is InChI=1S/C38H23N5S/c1-3-9-24(10-4-1)27-19-33-36(39-22-27)31-20-30-29-13-7-8-14-34(29)44-35(30)21-32(31)43(33)28-17-15-26(16-18-28)38-41-23-40-37(42-38)25-11-5-2-6-12-25/h1-23H. The molecule has 0 saturated heterocycles. The Morgan fingerprint density at radius 3 is 1.93 bits per heavy atom. The molecule has 0 N–H and O–H groups in total. The predicted octanol–water partition coefficient (Wildman–Crippen LogP) is 9.73. The molecule has 0 saturated carbocycles. The van der Waals surface area contributed by atoms with Gasteiger partial charge in [-0.3, -0.25) is 4.98 Å². The first-order valence-electron chi connectivity index (χ1n) is 14.5. The fourth-order valence-electron chi connectivity index (χ4n) is 6.08. The minimum atomic E-state index is 0.646. The van der Waals surface area contributed by atoms with Crippen molar-refractivity contribution < 1.29 is 0 Å². The summed E-state index contributed by atoms with van der Waals surface area (Å²) in [5, 5.41) is 3.70. The fraction of sp³-hybridized carbons (Fsp3) is 0. The molecule has 9 rings (SSSR count). The maximum Gasteiger partial charge on any atom is 0.163 e. The van der Waals surface area contributed by atoms with Crippen molar-refractivity contribution in [3.8, 4) is 39.6 Å². The largest absolute Gasteiger partial charge is 0.308 e. The molecule has 6 heteroatoms. The van der Waals surface area contributed by atoms with Crippen molar-refractivity contribution in [3.63, 3.8) is 0 Å². The van der Waals surface area contributed by atoms with Gasteiger partial charge in [0.15, 0.2) is 11.6 Å². The molecule has 9 aromatic rings. The van der Waals surface area contributed by atoms with Crippen molar-refractivity contribution >= 4 is 53.4 Å². The molecule has 0 radical (unpaired) electrons. The van der Waals surface area contributed by atoms with Gasteiger partial charge in [-0.25, -0.2) is 15.0 Å². The van der Waals surface area contributed by atoms with Crippen LogP contribution in [0.4, 0.5) is 0 Å². The summed E-state index contributed by atoms with van der Waals surface area (Å²) in [6, 6.07) is 44.4. The number of benzene rings is 5. The second-order valence-electron chi connectivity index (χ2n) is 10.8. The quantitative estimate of drug-likeness (QED) is 0.208. The van der Waals surface area contributed by atoms with Crippen LogP contribution in [0.1, 0.15) is 0 Å². The van der Waals surface area contributed by atoms with Crippen molar-refractivity contribution in [2.75, 3.05) is 0 Å². The first kappa shape index (κ1) is 24.8. The van der Waals surface area contributed by atoms with E-state index in [9.17, 15) is 0 Å². The van der Waals surface area contributed by atoms with E-state index in [2.05, 4.69) is 106 Å². The Kier molecular flexibility index (Phi) is 5.61. The third-order valence-corrected chi connectivity index (χ3v) is 9.33. The molecule has 0 atom stereocenters. The van der Waals surface area contributed by atoms with Crippen LogP contribution in [0.5, 0.6) is 0 Å². The number of pyridine rings is 1. The maximum atomic E-state index is 5.06. The molecular weight excluding hydrogens is 559 g/mol. The minimum absolute atomic E-state index is 0.646. The van der Waals surface area contributed by atoms with Crippen LogP contribution in [0.15, 0.2) is 140 Å². The second kappa shape index (κ2) is 9.93. The average molecular weight is 582 g/mol. The first-order valence-corrected chi connectivity index (χ1v) is 15.3. The van der Waals surface area contributed by atoms with E-state index in [1.807, 2.05) is 53.9 Å². The van der Waals surface area contributed by atoms with Gasteiger partial charge in [-0.1, -0.05) is 78.9 Å². The molecule has 4 heterocycles. The lowest BCUT2D eigenvalue weighted by Gasteiger charge is -2.10. The molecule has 5 nitrogen and oxygen atoms in total. The summed E-state index contributed by atoms with van der Waals surface area (Å²) in [4.78, 5) is 18.7. The molecule has 5 aromatic carbocycles. The van der Waals surface area contributed by atoms with Gasteiger partial charge in [-0.05, 0) is 54.1 Å². The zero-order valence-electron chi connectivity index (χ0n) is 23.4. The Hall–Kier alpha value is -5.72. The second-order valence-corrected chi connectivity index (χ2v) is 11.9. The van der Waals surface area contributed by atoms with Gasteiger partial charge in [0.2, 0.25) is 0 Å². The minimum Gasteiger partial charge on any atom is -0.308 e. The van der Waals surface area contributed by atoms with Gasteiger partial charge in [0, 0.05) is 54.1 Å². The lowest BCUT2D eigenvalue weighted by Crippen LogP contribution is -1.97. The highest BCUT2D eigenvalue weighted by molar-refractivity contribution is 7.25. The van der Waals surface area contributed by atoms with E-state index in [4.69, 9.17) is 9.97 Å². The van der Waals surface area contributed by atoms with E-state index < -0.39 is 0 Å². The summed E-state index contributed by atoms with van der Waals surface area (Å²) in [5.74, 6) is 1.31. The van der Waals surface area contributed by atoms with E-state index in [1.165, 1.54) is 20.2 Å². The Balaban J connectivity index is 1.24. The number of thiophene rings is 1. The van der Waals surface area contributed by atoms with E-state index in [-0.39, 0.29) is 0 Å². The third kappa shape index (κ3) is 4.00. The molecule has 44 heavy (non-hydrogen) atoms. The van der Waals surface area contributed by atoms with Crippen molar-refractivity contribution in [2.45, 2.75) is 0 Å². The Labute approximate surface area is 256 Å². The zero-order chi connectivity index (χ0) is 29.0. The Bertz CT molecular complexity index is 2480. The normalized spacial score (nSPS) is 11.6. The maximum absolute atomic E-state index is 5.06. The van der Waals surface area contributed by atoms with Crippen molar-refractivity contribution in [1.82, 2.24) is 24.5 Å². The molecule has 0 aliphatic rings. The van der Waals surface area contributed by atoms with Crippen molar-refractivity contribution in [1.29, 1.82) is 0 Å². The first-order chi connectivity index (χ1) is 21.8. The lowest BCUT2D eigenvalue weighted by molar-refractivity contribution is 1.06. The van der Waals surface area contributed by atoms with Crippen LogP contribution in [0.3, 0.4) is 0 Å². The van der Waals surface area contributed by atoms with Gasteiger partial charge in [0.25, 0.3) is 0 Å². The monoisotopic (exact) mass is 581 g/mol. The van der Waals surface area contributed by atoms with Gasteiger partial charge in [-0.15, -0.1) is 11.3 Å². The lowest BCUT2D eigenvalue weighted by atomic mass is 10.1. The molecule has 0 unspecified atom stereocenters. The molecule has 4 aromatic heterocycles. The summed E-state index contributed by atoms with van der Waals surface area (Å²) >= 11 is 1.83. The topological polar surface area (TPSA) is 56.5 Å². The number of nitrogens with zero attached hydrogens (tertiary/aromatic N) is 5. The summed E-state index contributed by atoms with van der Waals surface area (Å²) in [7, 11) is 0. The van der Waals surface area contributed by atoms with Crippen LogP contribution in [0.25, 0.3) is 81.7 Å². The highest BCUT2D eigenvalue weighted by Gasteiger charge is 2.18. The molecule has 0 amide bonds. The van der Waals surface area contributed by atoms with E-state index in [1.54, 1.807) is 6.33 Å². The summed E-state index contributed by atoms with van der Waals surface area (Å²) in [5.41, 5.74) is 8.38. The smallest absolute Gasteiger partial charge is 0.163 e. The summed E-state index contributed by atoms with van der Waals surface area (Å²) < 4.78 is 4.89. The van der Waals surface area contributed by atoms with Gasteiger partial charge < -0.3 is 4.57 Å². The van der Waals surface area contributed by atoms with Crippen LogP contribution in [-0.2, 0) is 0 Å². The van der Waals surface area contributed by atoms with Crippen molar-refractivity contribution in [2.24, 2.45) is 0 Å². The van der Waals surface area contributed by atoms with Crippen LogP contribution < -0.4 is 0 Å². The highest BCUT2D eigenvalue weighted by Crippen LogP contribution is 2.41. The van der Waals surface area contributed by atoms with E-state index in [0.29, 0.717) is 11.6 Å². The number of hydrogen-bond donors (Lipinski definition) is 0. The number of aromatic nitrogens is 5. The number of hydrogen-bond acceptors (Lipinski definition) is 5. The SMILES string of the molecule is c1ccc(-c2cnc3c4cc5c(cc4n(-c4ccc(-c6ncnc(-c7ccccc7)n6)cc4)c3c2)sc2ccccc25)cc1. The molecule has 0 bridgehead atoms. The average Bonchev–Trinajstić information content (AvgIpc) is 3.62. The molecule has 0 aliphatic heterocycles. The van der Waals surface area contributed by atoms with Crippen LogP contribution in [0, 0.1) is 0 Å². The van der Waals surface area contributed by atoms with Crippen molar-refractivity contribution in [3.05, 3.63) is 140 Å². The Morgan fingerprint density at radius 2 is 1.16 bits per heavy atom. The van der Waals surface area contributed by atoms with Gasteiger partial charge in [-0.2, -0.15) is 0 Å². The van der Waals surface area contributed by atoms with Gasteiger partial charge in [0.1, 0.15) is 6.33 Å². The predicted molar refractivity (Wildman–Crippen MR) is 181 cm³/mol. The Morgan fingerprint density at radius 1 is 0.477 bits per heavy atom. The third-order valence-electron chi connectivity index (χ3n) is 8.19. The molecule has 0 aliphatic carbocycles. The van der Waals surface area contributed by atoms with Gasteiger partial charge >= 0.3 is 0 Å². The van der Waals surface area contributed by atoms with Crippen LogP contribution in [-0.4, -0.2) is 24.5 Å². The van der Waals surface area contributed by atoms with E-state index >= 15 is 0 Å². The zero-order valence-corrected chi connectivity index (χ0v) is 24.2. The molecular formula is C38H23N5S. The van der Waals surface area contributed by atoms with Crippen LogP contribution >= 0.6 is 11.3 Å². The molecule has 206 valence electrons.